The van der Waals surface area contributed by atoms with Crippen LogP contribution >= 0.6 is 15.9 Å². The zero-order valence-corrected chi connectivity index (χ0v) is 11.5. The van der Waals surface area contributed by atoms with Gasteiger partial charge in [0.15, 0.2) is 0 Å². The number of azo groups is 1. The van der Waals surface area contributed by atoms with E-state index in [1.54, 1.807) is 12.1 Å². The summed E-state index contributed by atoms with van der Waals surface area (Å²) in [6.07, 6.45) is 0. The highest BCUT2D eigenvalue weighted by molar-refractivity contribution is 9.10. The van der Waals surface area contributed by atoms with Crippen LogP contribution in [0.15, 0.2) is 63.2 Å². The van der Waals surface area contributed by atoms with Gasteiger partial charge in [-0.05, 0) is 35.9 Å². The maximum atomic E-state index is 10.8. The summed E-state index contributed by atoms with van der Waals surface area (Å²) in [7, 11) is 0. The molecule has 0 saturated carbocycles. The number of carboxylic acid groups (broad SMARTS) is 1. The Morgan fingerprint density at radius 2 is 1.89 bits per heavy atom. The summed E-state index contributed by atoms with van der Waals surface area (Å²) in [6.45, 7) is 0.463. The summed E-state index contributed by atoms with van der Waals surface area (Å²) in [5.41, 5.74) is 1.79. The number of carboxylic acids is 1. The molecule has 0 fully saturated rings. The molecule has 0 aliphatic heterocycles. The van der Waals surface area contributed by atoms with Crippen molar-refractivity contribution < 1.29 is 9.90 Å². The van der Waals surface area contributed by atoms with Gasteiger partial charge in [-0.3, -0.25) is 0 Å². The van der Waals surface area contributed by atoms with Crippen molar-refractivity contribution in [2.75, 3.05) is 0 Å². The molecule has 0 atom stereocenters. The smallest absolute Gasteiger partial charge is 0.335 e. The van der Waals surface area contributed by atoms with E-state index < -0.39 is 5.97 Å². The minimum atomic E-state index is -0.968. The lowest BCUT2D eigenvalue weighted by atomic mass is 10.2. The van der Waals surface area contributed by atoms with Gasteiger partial charge in [0.05, 0.1) is 17.8 Å². The highest BCUT2D eigenvalue weighted by atomic mass is 79.9. The molecule has 1 N–H and O–H groups in total. The number of carbonyl (C=O) groups is 1. The number of hydrogen-bond acceptors (Lipinski definition) is 3. The van der Waals surface area contributed by atoms with E-state index in [2.05, 4.69) is 26.2 Å². The van der Waals surface area contributed by atoms with Gasteiger partial charge in [0.2, 0.25) is 0 Å². The molecule has 2 rings (SSSR count). The van der Waals surface area contributed by atoms with Crippen molar-refractivity contribution in [1.29, 1.82) is 0 Å². The van der Waals surface area contributed by atoms with Gasteiger partial charge in [-0.15, -0.1) is 0 Å². The molecule has 19 heavy (non-hydrogen) atoms. The van der Waals surface area contributed by atoms with Gasteiger partial charge in [0, 0.05) is 4.47 Å². The monoisotopic (exact) mass is 318 g/mol. The SMILES string of the molecule is O=C(O)c1cccc(N=NCc2ccc(Br)cc2)c1. The second kappa shape index (κ2) is 6.24. The molecule has 2 aromatic carbocycles. The second-order valence-corrected chi connectivity index (χ2v) is 4.80. The number of nitrogens with zero attached hydrogens (tertiary/aromatic N) is 2. The number of benzene rings is 2. The van der Waals surface area contributed by atoms with Crippen LogP contribution in [0.2, 0.25) is 0 Å². The van der Waals surface area contributed by atoms with E-state index in [1.165, 1.54) is 12.1 Å². The van der Waals surface area contributed by atoms with Crippen LogP contribution in [-0.4, -0.2) is 11.1 Å². The van der Waals surface area contributed by atoms with Gasteiger partial charge in [-0.1, -0.05) is 34.1 Å². The average Bonchev–Trinajstić information content (AvgIpc) is 2.41. The fourth-order valence-electron chi connectivity index (χ4n) is 1.49. The van der Waals surface area contributed by atoms with Crippen LogP contribution < -0.4 is 0 Å². The fraction of sp³-hybridized carbons (Fsp3) is 0.0714. The van der Waals surface area contributed by atoms with E-state index in [-0.39, 0.29) is 5.56 Å². The van der Waals surface area contributed by atoms with Crippen LogP contribution in [0.3, 0.4) is 0 Å². The Labute approximate surface area is 118 Å². The number of hydrogen-bond donors (Lipinski definition) is 1. The number of rotatable bonds is 4. The Morgan fingerprint density at radius 3 is 2.58 bits per heavy atom. The summed E-state index contributed by atoms with van der Waals surface area (Å²) in [6, 6.07) is 14.2. The van der Waals surface area contributed by atoms with Crippen molar-refractivity contribution in [2.45, 2.75) is 6.54 Å². The van der Waals surface area contributed by atoms with E-state index in [1.807, 2.05) is 24.3 Å². The van der Waals surface area contributed by atoms with Crippen molar-refractivity contribution in [3.05, 3.63) is 64.1 Å². The molecule has 0 amide bonds. The van der Waals surface area contributed by atoms with Crippen molar-refractivity contribution in [1.82, 2.24) is 0 Å². The van der Waals surface area contributed by atoms with Gasteiger partial charge in [-0.25, -0.2) is 4.79 Å². The lowest BCUT2D eigenvalue weighted by Gasteiger charge is -1.97. The quantitative estimate of drug-likeness (QED) is 0.847. The standard InChI is InChI=1S/C14H11BrN2O2/c15-12-6-4-10(5-7-12)9-16-17-13-3-1-2-11(8-13)14(18)19/h1-8H,9H2,(H,18,19). The van der Waals surface area contributed by atoms with Gasteiger partial charge in [0.25, 0.3) is 0 Å². The predicted octanol–water partition coefficient (Wildman–Crippen LogP) is 4.43. The van der Waals surface area contributed by atoms with Crippen LogP contribution in [0.5, 0.6) is 0 Å². The summed E-state index contributed by atoms with van der Waals surface area (Å²) in [5, 5.41) is 16.9. The van der Waals surface area contributed by atoms with Gasteiger partial charge >= 0.3 is 5.97 Å². The Hall–Kier alpha value is -2.01. The molecule has 4 nitrogen and oxygen atoms in total. The first kappa shape index (κ1) is 13.4. The first-order valence-electron chi connectivity index (χ1n) is 5.60. The van der Waals surface area contributed by atoms with Crippen LogP contribution in [0, 0.1) is 0 Å². The van der Waals surface area contributed by atoms with Crippen molar-refractivity contribution in [3.8, 4) is 0 Å². The largest absolute Gasteiger partial charge is 0.478 e. The third-order valence-corrected chi connectivity index (χ3v) is 2.97. The molecule has 0 aliphatic rings. The predicted molar refractivity (Wildman–Crippen MR) is 75.8 cm³/mol. The summed E-state index contributed by atoms with van der Waals surface area (Å²) < 4.78 is 1.02. The second-order valence-electron chi connectivity index (χ2n) is 3.88. The van der Waals surface area contributed by atoms with Gasteiger partial charge < -0.3 is 5.11 Å². The molecule has 5 heteroatoms. The Bertz CT molecular complexity index is 609. The molecule has 0 radical (unpaired) electrons. The molecule has 0 aliphatic carbocycles. The minimum absolute atomic E-state index is 0.208. The number of halogens is 1. The van der Waals surface area contributed by atoms with Crippen LogP contribution in [-0.2, 0) is 6.54 Å². The van der Waals surface area contributed by atoms with E-state index in [0.717, 1.165) is 10.0 Å². The summed E-state index contributed by atoms with van der Waals surface area (Å²) >= 11 is 3.36. The molecule has 0 bridgehead atoms. The maximum absolute atomic E-state index is 10.8. The first-order valence-corrected chi connectivity index (χ1v) is 6.40. The molecule has 96 valence electrons. The Balaban J connectivity index is 2.04. The van der Waals surface area contributed by atoms with Crippen LogP contribution in [0.1, 0.15) is 15.9 Å². The molecule has 0 aromatic heterocycles. The van der Waals surface area contributed by atoms with E-state index in [4.69, 9.17) is 5.11 Å². The fourth-order valence-corrected chi connectivity index (χ4v) is 1.75. The molecule has 0 heterocycles. The summed E-state index contributed by atoms with van der Waals surface area (Å²) in [5.74, 6) is -0.968. The highest BCUT2D eigenvalue weighted by Crippen LogP contribution is 2.16. The molecule has 0 unspecified atom stereocenters. The van der Waals surface area contributed by atoms with Gasteiger partial charge in [0.1, 0.15) is 0 Å². The Kier molecular flexibility index (Phi) is 4.41. The molecule has 0 spiro atoms. The third-order valence-electron chi connectivity index (χ3n) is 2.45. The van der Waals surface area contributed by atoms with E-state index in [0.29, 0.717) is 12.2 Å². The molecular weight excluding hydrogens is 308 g/mol. The zero-order chi connectivity index (χ0) is 13.7. The zero-order valence-electron chi connectivity index (χ0n) is 9.95. The number of aromatic carboxylic acids is 1. The lowest BCUT2D eigenvalue weighted by molar-refractivity contribution is 0.0697. The van der Waals surface area contributed by atoms with Crippen molar-refractivity contribution >= 4 is 27.6 Å². The topological polar surface area (TPSA) is 62.0 Å². The van der Waals surface area contributed by atoms with E-state index >= 15 is 0 Å². The van der Waals surface area contributed by atoms with Crippen molar-refractivity contribution in [2.24, 2.45) is 10.2 Å². The van der Waals surface area contributed by atoms with Crippen LogP contribution in [0.25, 0.3) is 0 Å². The Morgan fingerprint density at radius 1 is 1.16 bits per heavy atom. The maximum Gasteiger partial charge on any atom is 0.335 e. The van der Waals surface area contributed by atoms with Crippen LogP contribution in [0.4, 0.5) is 5.69 Å². The molecule has 0 saturated heterocycles. The lowest BCUT2D eigenvalue weighted by Crippen LogP contribution is -1.94. The molecule has 2 aromatic rings. The normalized spacial score (nSPS) is 10.8. The highest BCUT2D eigenvalue weighted by Gasteiger charge is 2.02. The first-order chi connectivity index (χ1) is 9.15. The summed E-state index contributed by atoms with van der Waals surface area (Å²) in [4.78, 5) is 10.8. The minimum Gasteiger partial charge on any atom is -0.478 e. The van der Waals surface area contributed by atoms with Crippen molar-refractivity contribution in [3.63, 3.8) is 0 Å². The average molecular weight is 319 g/mol. The van der Waals surface area contributed by atoms with Gasteiger partial charge in [-0.2, -0.15) is 10.2 Å². The molecular formula is C14H11BrN2O2. The van der Waals surface area contributed by atoms with E-state index in [9.17, 15) is 4.79 Å². The third kappa shape index (κ3) is 3.99.